The third-order valence-electron chi connectivity index (χ3n) is 6.27. The smallest absolute Gasteiger partial charge is 0.416 e. The van der Waals surface area contributed by atoms with E-state index in [1.807, 2.05) is 37.3 Å². The Morgan fingerprint density at radius 1 is 0.977 bits per heavy atom. The highest BCUT2D eigenvalue weighted by molar-refractivity contribution is 7.13. The van der Waals surface area contributed by atoms with Gasteiger partial charge in [0.2, 0.25) is 5.91 Å². The Labute approximate surface area is 250 Å². The molecule has 220 valence electrons. The maximum Gasteiger partial charge on any atom is 0.416 e. The highest BCUT2D eigenvalue weighted by Crippen LogP contribution is 2.32. The Hall–Kier alpha value is -4.90. The minimum atomic E-state index is -4.44. The van der Waals surface area contributed by atoms with Crippen molar-refractivity contribution in [3.8, 4) is 11.5 Å². The van der Waals surface area contributed by atoms with Gasteiger partial charge in [-0.05, 0) is 65.2 Å². The van der Waals surface area contributed by atoms with Crippen molar-refractivity contribution in [3.05, 3.63) is 113 Å². The maximum absolute atomic E-state index is 13.0. The van der Waals surface area contributed by atoms with E-state index < -0.39 is 17.6 Å². The SMILES string of the molecule is CCOc1cc(/C=N\NC(=O)Cc2csc(Nc3cccc(C(F)(F)F)c3)n2)ccc1OCc1cccc2ccccc12. The first-order valence-corrected chi connectivity index (χ1v) is 14.2. The predicted octanol–water partition coefficient (Wildman–Crippen LogP) is 7.73. The van der Waals surface area contributed by atoms with E-state index >= 15 is 0 Å². The highest BCUT2D eigenvalue weighted by atomic mass is 32.1. The average molecular weight is 605 g/mol. The summed E-state index contributed by atoms with van der Waals surface area (Å²) >= 11 is 1.18. The fraction of sp³-hybridized carbons (Fsp3) is 0.156. The number of rotatable bonds is 11. The van der Waals surface area contributed by atoms with Crippen LogP contribution in [0, 0.1) is 0 Å². The predicted molar refractivity (Wildman–Crippen MR) is 162 cm³/mol. The van der Waals surface area contributed by atoms with Gasteiger partial charge in [-0.1, -0.05) is 48.5 Å². The van der Waals surface area contributed by atoms with Gasteiger partial charge in [0.1, 0.15) is 6.61 Å². The van der Waals surface area contributed by atoms with Crippen molar-refractivity contribution >= 4 is 45.0 Å². The number of fused-ring (bicyclic) bond motifs is 1. The number of carbonyl (C=O) groups excluding carboxylic acids is 1. The molecule has 0 saturated heterocycles. The first kappa shape index (κ1) is 29.6. The van der Waals surface area contributed by atoms with Crippen molar-refractivity contribution < 1.29 is 27.4 Å². The standard InChI is InChI=1S/C32H27F3N4O3S/c1-2-41-29-15-21(13-14-28(29)42-19-23-9-5-8-22-7-3-4-12-27(22)23)18-36-39-30(40)17-26-20-43-31(38-26)37-25-11-6-10-24(16-25)32(33,34)35/h3-16,18,20H,2,17,19H2,1H3,(H,37,38)(H,39,40)/b36-18-. The first-order valence-electron chi connectivity index (χ1n) is 13.4. The second kappa shape index (κ2) is 13.4. The molecular formula is C32H27F3N4O3S. The van der Waals surface area contributed by atoms with Gasteiger partial charge in [0.25, 0.3) is 0 Å². The lowest BCUT2D eigenvalue weighted by atomic mass is 10.1. The van der Waals surface area contributed by atoms with Gasteiger partial charge in [-0.15, -0.1) is 11.3 Å². The summed E-state index contributed by atoms with van der Waals surface area (Å²) in [5, 5.41) is 11.2. The number of ether oxygens (including phenoxy) is 2. The van der Waals surface area contributed by atoms with Crippen LogP contribution in [0.25, 0.3) is 10.8 Å². The second-order valence-electron chi connectivity index (χ2n) is 9.38. The van der Waals surface area contributed by atoms with E-state index in [1.54, 1.807) is 17.5 Å². The molecule has 5 aromatic rings. The zero-order chi connectivity index (χ0) is 30.2. The number of hydrazone groups is 1. The van der Waals surface area contributed by atoms with E-state index in [9.17, 15) is 18.0 Å². The number of halogens is 3. The van der Waals surface area contributed by atoms with Gasteiger partial charge in [-0.25, -0.2) is 10.4 Å². The van der Waals surface area contributed by atoms with Gasteiger partial charge in [0, 0.05) is 11.1 Å². The van der Waals surface area contributed by atoms with Gasteiger partial charge in [-0.2, -0.15) is 18.3 Å². The first-order chi connectivity index (χ1) is 20.8. The molecule has 11 heteroatoms. The van der Waals surface area contributed by atoms with E-state index in [1.165, 1.54) is 29.7 Å². The Balaban J connectivity index is 1.16. The zero-order valence-electron chi connectivity index (χ0n) is 23.0. The zero-order valence-corrected chi connectivity index (χ0v) is 23.8. The number of hydrogen-bond acceptors (Lipinski definition) is 7. The van der Waals surface area contributed by atoms with Crippen molar-refractivity contribution in [2.75, 3.05) is 11.9 Å². The molecule has 1 amide bonds. The molecule has 1 heterocycles. The van der Waals surface area contributed by atoms with Crippen LogP contribution in [0.4, 0.5) is 24.0 Å². The molecule has 1 aromatic heterocycles. The third kappa shape index (κ3) is 7.89. The number of hydrogen-bond donors (Lipinski definition) is 2. The quantitative estimate of drug-likeness (QED) is 0.119. The summed E-state index contributed by atoms with van der Waals surface area (Å²) in [4.78, 5) is 16.7. The van der Waals surface area contributed by atoms with E-state index in [0.717, 1.165) is 28.5 Å². The van der Waals surface area contributed by atoms with Gasteiger partial charge in [0.05, 0.1) is 30.5 Å². The number of nitrogens with one attached hydrogen (secondary N) is 2. The van der Waals surface area contributed by atoms with Crippen molar-refractivity contribution in [1.29, 1.82) is 0 Å². The molecule has 7 nitrogen and oxygen atoms in total. The Morgan fingerprint density at radius 2 is 1.79 bits per heavy atom. The minimum absolute atomic E-state index is 0.0523. The van der Waals surface area contributed by atoms with Crippen LogP contribution in [0.3, 0.4) is 0 Å². The second-order valence-corrected chi connectivity index (χ2v) is 10.2. The molecule has 0 aliphatic carbocycles. The highest BCUT2D eigenvalue weighted by Gasteiger charge is 2.30. The summed E-state index contributed by atoms with van der Waals surface area (Å²) in [7, 11) is 0. The molecule has 0 spiro atoms. The molecule has 0 bridgehead atoms. The van der Waals surface area contributed by atoms with Crippen LogP contribution in [0.1, 0.15) is 29.3 Å². The number of anilines is 2. The number of benzene rings is 4. The number of alkyl halides is 3. The van der Waals surface area contributed by atoms with Crippen LogP contribution in [0.5, 0.6) is 11.5 Å². The molecule has 0 aliphatic rings. The summed E-state index contributed by atoms with van der Waals surface area (Å²) in [6.45, 7) is 2.70. The van der Waals surface area contributed by atoms with Gasteiger partial charge >= 0.3 is 6.18 Å². The summed E-state index contributed by atoms with van der Waals surface area (Å²) in [6.07, 6.45) is -3.00. The molecule has 43 heavy (non-hydrogen) atoms. The number of nitrogens with zero attached hydrogens (tertiary/aromatic N) is 2. The number of carbonyl (C=O) groups is 1. The maximum atomic E-state index is 13.0. The largest absolute Gasteiger partial charge is 0.490 e. The summed E-state index contributed by atoms with van der Waals surface area (Å²) < 4.78 is 50.8. The summed E-state index contributed by atoms with van der Waals surface area (Å²) in [5.74, 6) is 0.752. The van der Waals surface area contributed by atoms with E-state index in [-0.39, 0.29) is 12.1 Å². The summed E-state index contributed by atoms with van der Waals surface area (Å²) in [5.41, 5.74) is 4.18. The van der Waals surface area contributed by atoms with Crippen LogP contribution in [-0.2, 0) is 24.0 Å². The fourth-order valence-electron chi connectivity index (χ4n) is 4.29. The number of amides is 1. The van der Waals surface area contributed by atoms with Gasteiger partial charge in [-0.3, -0.25) is 4.79 Å². The molecule has 0 unspecified atom stereocenters. The molecule has 0 saturated carbocycles. The molecule has 2 N–H and O–H groups in total. The lowest BCUT2D eigenvalue weighted by molar-refractivity contribution is -0.137. The van der Waals surface area contributed by atoms with Crippen LogP contribution in [0.15, 0.2) is 95.4 Å². The van der Waals surface area contributed by atoms with Crippen molar-refractivity contribution in [2.24, 2.45) is 5.10 Å². The monoisotopic (exact) mass is 604 g/mol. The molecular weight excluding hydrogens is 577 g/mol. The number of thiazole rings is 1. The topological polar surface area (TPSA) is 84.8 Å². The lowest BCUT2D eigenvalue weighted by Crippen LogP contribution is -2.19. The molecule has 5 rings (SSSR count). The van der Waals surface area contributed by atoms with Crippen molar-refractivity contribution in [3.63, 3.8) is 0 Å². The van der Waals surface area contributed by atoms with Crippen LogP contribution in [0.2, 0.25) is 0 Å². The third-order valence-corrected chi connectivity index (χ3v) is 7.07. The Morgan fingerprint density at radius 3 is 2.63 bits per heavy atom. The van der Waals surface area contributed by atoms with Gasteiger partial charge in [0.15, 0.2) is 16.6 Å². The van der Waals surface area contributed by atoms with Gasteiger partial charge < -0.3 is 14.8 Å². The van der Waals surface area contributed by atoms with Crippen LogP contribution >= 0.6 is 11.3 Å². The Kier molecular flexibility index (Phi) is 9.21. The van der Waals surface area contributed by atoms with Crippen molar-refractivity contribution in [2.45, 2.75) is 26.1 Å². The molecule has 0 atom stereocenters. The molecule has 0 radical (unpaired) electrons. The lowest BCUT2D eigenvalue weighted by Gasteiger charge is -2.13. The fourth-order valence-corrected chi connectivity index (χ4v) is 5.02. The molecule has 0 fully saturated rings. The minimum Gasteiger partial charge on any atom is -0.490 e. The number of aromatic nitrogens is 1. The molecule has 0 aliphatic heterocycles. The van der Waals surface area contributed by atoms with Crippen molar-refractivity contribution in [1.82, 2.24) is 10.4 Å². The van der Waals surface area contributed by atoms with E-state index in [4.69, 9.17) is 9.47 Å². The Bertz CT molecular complexity index is 1750. The van der Waals surface area contributed by atoms with E-state index in [0.29, 0.717) is 41.1 Å². The summed E-state index contributed by atoms with van der Waals surface area (Å²) in [6, 6.07) is 24.4. The van der Waals surface area contributed by atoms with E-state index in [2.05, 4.69) is 39.0 Å². The average Bonchev–Trinajstić information content (AvgIpc) is 3.42. The molecule has 4 aromatic carbocycles. The van der Waals surface area contributed by atoms with Crippen LogP contribution < -0.4 is 20.2 Å². The van der Waals surface area contributed by atoms with Crippen LogP contribution in [-0.4, -0.2) is 23.7 Å². The normalized spacial score (nSPS) is 11.5.